The summed E-state index contributed by atoms with van der Waals surface area (Å²) in [5, 5.41) is 0. The first kappa shape index (κ1) is 27.8. The number of rotatable bonds is 4. The molecule has 25 heavy (non-hydrogen) atoms. The molecule has 0 amide bonds. The molecule has 0 bridgehead atoms. The fourth-order valence-corrected chi connectivity index (χ4v) is 3.22. The molecule has 2 fully saturated rings. The summed E-state index contributed by atoms with van der Waals surface area (Å²) in [6.45, 7) is 16.1. The number of hydrogen-bond acceptors (Lipinski definition) is 1. The SMILES string of the molecule is CCC(C)(C)[N]=[Nb].CCC1[CH-]C(CC)CCC1.[CH-]1CCCCC1.[CH2-]C. The van der Waals surface area contributed by atoms with Gasteiger partial charge in [0.05, 0.1) is 0 Å². The minimum Gasteiger partial charge on any atom is -0.346 e. The van der Waals surface area contributed by atoms with Crippen LogP contribution in [0, 0.1) is 31.6 Å². The molecule has 2 saturated carbocycles. The van der Waals surface area contributed by atoms with Crippen LogP contribution >= 0.6 is 0 Å². The van der Waals surface area contributed by atoms with Crippen molar-refractivity contribution in [1.82, 2.24) is 0 Å². The molecular formula is C23H46NNb-3. The van der Waals surface area contributed by atoms with Crippen molar-refractivity contribution in [3.8, 4) is 0 Å². The van der Waals surface area contributed by atoms with Crippen LogP contribution in [0.1, 0.15) is 112 Å². The third-order valence-electron chi connectivity index (χ3n) is 5.20. The van der Waals surface area contributed by atoms with Gasteiger partial charge in [0, 0.05) is 0 Å². The van der Waals surface area contributed by atoms with Crippen molar-refractivity contribution < 1.29 is 20.9 Å². The minimum absolute atomic E-state index is 0.231. The van der Waals surface area contributed by atoms with Crippen molar-refractivity contribution in [2.75, 3.05) is 0 Å². The zero-order valence-corrected chi connectivity index (χ0v) is 20.4. The molecule has 0 aromatic carbocycles. The Bertz CT molecular complexity index is 250. The van der Waals surface area contributed by atoms with Crippen LogP contribution in [0.2, 0.25) is 0 Å². The molecule has 0 aliphatic heterocycles. The first-order chi connectivity index (χ1) is 12.0. The predicted molar refractivity (Wildman–Crippen MR) is 111 cm³/mol. The standard InChI is InChI=1S/C10H19.C6H11.C5H11N.C2H5.Nb/c1-3-9-6-5-7-10(4-2)8-9;1-2-4-6-5-3-1;1-4-5(2,3)6;1-2;/h8-10H,3-7H2,1-2H3;1H,2-6H2;4H2,1-3H3;1H2,2H3;/q2*-1;;-1;. The van der Waals surface area contributed by atoms with E-state index in [9.17, 15) is 0 Å². The van der Waals surface area contributed by atoms with Crippen molar-refractivity contribution in [3.63, 3.8) is 0 Å². The summed E-state index contributed by atoms with van der Waals surface area (Å²) in [4.78, 5) is 0. The second-order valence-corrected chi connectivity index (χ2v) is 8.14. The van der Waals surface area contributed by atoms with Gasteiger partial charge in [-0.1, -0.05) is 65.2 Å². The Kier molecular flexibility index (Phi) is 21.4. The smallest absolute Gasteiger partial charge is 0.0577 e. The molecule has 2 heteroatoms. The minimum atomic E-state index is 0.231. The molecule has 2 atom stereocenters. The van der Waals surface area contributed by atoms with Gasteiger partial charge in [0.15, 0.2) is 0 Å². The van der Waals surface area contributed by atoms with Gasteiger partial charge in [0.2, 0.25) is 0 Å². The van der Waals surface area contributed by atoms with Crippen LogP contribution in [0.25, 0.3) is 0 Å². The van der Waals surface area contributed by atoms with Crippen LogP contribution in [0.4, 0.5) is 0 Å². The van der Waals surface area contributed by atoms with E-state index in [1.807, 2.05) is 0 Å². The van der Waals surface area contributed by atoms with Crippen molar-refractivity contribution >= 4 is 0 Å². The monoisotopic (exact) mass is 429 g/mol. The van der Waals surface area contributed by atoms with E-state index in [4.69, 9.17) is 0 Å². The molecule has 151 valence electrons. The fourth-order valence-electron chi connectivity index (χ4n) is 2.87. The Labute approximate surface area is 173 Å². The molecule has 0 saturated heterocycles. The Morgan fingerprint density at radius 2 is 1.40 bits per heavy atom. The zero-order valence-electron chi connectivity index (χ0n) is 18.2. The largest absolute Gasteiger partial charge is 0.346 e. The predicted octanol–water partition coefficient (Wildman–Crippen LogP) is 8.33. The van der Waals surface area contributed by atoms with Crippen LogP contribution in [0.3, 0.4) is 0 Å². The molecule has 1 nitrogen and oxygen atoms in total. The molecule has 0 aromatic rings. The molecule has 2 rings (SSSR count). The van der Waals surface area contributed by atoms with Crippen molar-refractivity contribution in [1.29, 1.82) is 0 Å². The van der Waals surface area contributed by atoms with E-state index in [0.29, 0.717) is 0 Å². The average molecular weight is 430 g/mol. The summed E-state index contributed by atoms with van der Waals surface area (Å²) < 4.78 is 4.19. The zero-order chi connectivity index (χ0) is 19.6. The summed E-state index contributed by atoms with van der Waals surface area (Å²) >= 11 is 1.55. The van der Waals surface area contributed by atoms with E-state index < -0.39 is 0 Å². The molecule has 2 aliphatic rings. The van der Waals surface area contributed by atoms with E-state index in [2.05, 4.69) is 57.7 Å². The van der Waals surface area contributed by atoms with Gasteiger partial charge >= 0.3 is 57.0 Å². The summed E-state index contributed by atoms with van der Waals surface area (Å²) in [6.07, 6.45) is 20.3. The third-order valence-corrected chi connectivity index (χ3v) is 6.53. The number of hydrogen-bond donors (Lipinski definition) is 0. The maximum Gasteiger partial charge on any atom is -0.0577 e. The van der Waals surface area contributed by atoms with Crippen molar-refractivity contribution in [2.24, 2.45) is 15.2 Å². The molecule has 0 heterocycles. The Morgan fingerprint density at radius 3 is 1.60 bits per heavy atom. The molecule has 2 aliphatic carbocycles. The average Bonchev–Trinajstić information content (AvgIpc) is 2.71. The molecular weight excluding hydrogens is 383 g/mol. The van der Waals surface area contributed by atoms with E-state index in [-0.39, 0.29) is 5.54 Å². The fraction of sp³-hybridized carbons (Fsp3) is 0.870. The van der Waals surface area contributed by atoms with Gasteiger partial charge in [-0.3, -0.25) is 0 Å². The Morgan fingerprint density at radius 1 is 0.920 bits per heavy atom. The number of nitrogens with zero attached hydrogens (tertiary/aromatic N) is 1. The van der Waals surface area contributed by atoms with Gasteiger partial charge in [-0.25, -0.2) is 0 Å². The maximum absolute atomic E-state index is 4.19. The third kappa shape index (κ3) is 17.7. The normalized spacial score (nSPS) is 22.8. The van der Waals surface area contributed by atoms with Crippen molar-refractivity contribution in [3.05, 3.63) is 19.8 Å². The van der Waals surface area contributed by atoms with Crippen molar-refractivity contribution in [2.45, 2.75) is 118 Å². The van der Waals surface area contributed by atoms with E-state index in [1.165, 1.54) is 64.2 Å². The summed E-state index contributed by atoms with van der Waals surface area (Å²) in [5.41, 5.74) is 0.231. The van der Waals surface area contributed by atoms with Gasteiger partial charge in [0.25, 0.3) is 0 Å². The van der Waals surface area contributed by atoms with Gasteiger partial charge in [-0.2, -0.15) is 31.6 Å². The summed E-state index contributed by atoms with van der Waals surface area (Å²) in [7, 11) is 0. The van der Waals surface area contributed by atoms with Gasteiger partial charge in [-0.05, 0) is 0 Å². The van der Waals surface area contributed by atoms with Crippen LogP contribution < -0.4 is 0 Å². The summed E-state index contributed by atoms with van der Waals surface area (Å²) in [6, 6.07) is 0. The maximum atomic E-state index is 4.19. The molecule has 0 spiro atoms. The second-order valence-electron chi connectivity index (χ2n) is 7.65. The molecule has 0 aromatic heterocycles. The van der Waals surface area contributed by atoms with Crippen LogP contribution in [0.5, 0.6) is 0 Å². The van der Waals surface area contributed by atoms with Gasteiger partial charge in [0.1, 0.15) is 0 Å². The Hall–Kier alpha value is 0.540. The van der Waals surface area contributed by atoms with E-state index in [1.54, 1.807) is 27.8 Å². The van der Waals surface area contributed by atoms with Gasteiger partial charge < -0.3 is 19.8 Å². The molecule has 0 radical (unpaired) electrons. The first-order valence-corrected chi connectivity index (χ1v) is 11.7. The summed E-state index contributed by atoms with van der Waals surface area (Å²) in [5.74, 6) is 1.89. The first-order valence-electron chi connectivity index (χ1n) is 10.7. The molecule has 2 unspecified atom stereocenters. The topological polar surface area (TPSA) is 12.4 Å². The Balaban J connectivity index is 0. The molecule has 0 N–H and O–H groups in total. The van der Waals surface area contributed by atoms with Crippen LogP contribution in [-0.4, -0.2) is 5.54 Å². The van der Waals surface area contributed by atoms with Crippen LogP contribution in [0.15, 0.2) is 3.34 Å². The van der Waals surface area contributed by atoms with E-state index in [0.717, 1.165) is 18.3 Å². The van der Waals surface area contributed by atoms with Crippen LogP contribution in [-0.2, 0) is 20.9 Å². The quantitative estimate of drug-likeness (QED) is 0.315. The van der Waals surface area contributed by atoms with Gasteiger partial charge in [-0.15, -0.1) is 0 Å². The van der Waals surface area contributed by atoms with E-state index >= 15 is 0 Å². The second kappa shape index (κ2) is 19.3.